The first-order valence-corrected chi connectivity index (χ1v) is 10.4. The van der Waals surface area contributed by atoms with Crippen LogP contribution in [-0.4, -0.2) is 27.8 Å². The van der Waals surface area contributed by atoms with Crippen LogP contribution in [0.1, 0.15) is 26.8 Å². The van der Waals surface area contributed by atoms with Crippen LogP contribution in [0.3, 0.4) is 0 Å². The van der Waals surface area contributed by atoms with Crippen LogP contribution in [-0.2, 0) is 4.79 Å². The summed E-state index contributed by atoms with van der Waals surface area (Å²) in [6, 6.07) is 12.1. The van der Waals surface area contributed by atoms with Crippen LogP contribution in [0.5, 0.6) is 5.75 Å². The fourth-order valence-electron chi connectivity index (χ4n) is 2.88. The number of rotatable bonds is 6. The Balaban J connectivity index is 1.93. The van der Waals surface area contributed by atoms with Crippen LogP contribution in [0, 0.1) is 0 Å². The average molecular weight is 432 g/mol. The van der Waals surface area contributed by atoms with Crippen LogP contribution in [0.15, 0.2) is 52.4 Å². The van der Waals surface area contributed by atoms with Crippen LogP contribution in [0.2, 0.25) is 5.02 Å². The molecule has 1 N–H and O–H groups in total. The van der Waals surface area contributed by atoms with E-state index in [2.05, 4.69) is 10.3 Å². The summed E-state index contributed by atoms with van der Waals surface area (Å²) in [6.07, 6.45) is 0. The third-order valence-corrected chi connectivity index (χ3v) is 5.67. The second-order valence-electron chi connectivity index (χ2n) is 6.77. The zero-order valence-corrected chi connectivity index (χ0v) is 18.2. The van der Waals surface area contributed by atoms with Crippen LogP contribution >= 0.6 is 23.4 Å². The predicted molar refractivity (Wildman–Crippen MR) is 118 cm³/mol. The van der Waals surface area contributed by atoms with Gasteiger partial charge in [-0.2, -0.15) is 0 Å². The van der Waals surface area contributed by atoms with E-state index in [1.807, 2.05) is 26.0 Å². The number of nitrogens with zero attached hydrogens (tertiary/aromatic N) is 2. The summed E-state index contributed by atoms with van der Waals surface area (Å²) in [4.78, 5) is 30.3. The number of benzene rings is 2. The first-order valence-electron chi connectivity index (χ1n) is 9.14. The van der Waals surface area contributed by atoms with Gasteiger partial charge in [0, 0.05) is 11.1 Å². The van der Waals surface area contributed by atoms with Crippen molar-refractivity contribution in [2.24, 2.45) is 0 Å². The molecule has 0 aliphatic carbocycles. The number of ether oxygens (including phenoxy) is 1. The molecule has 29 heavy (non-hydrogen) atoms. The van der Waals surface area contributed by atoms with E-state index in [1.165, 1.54) is 11.8 Å². The number of anilines is 1. The largest absolute Gasteiger partial charge is 0.495 e. The molecule has 0 bridgehead atoms. The van der Waals surface area contributed by atoms with Crippen molar-refractivity contribution in [2.75, 3.05) is 12.4 Å². The first-order chi connectivity index (χ1) is 13.8. The highest BCUT2D eigenvalue weighted by Gasteiger charge is 2.21. The number of halogens is 1. The molecule has 1 atom stereocenters. The van der Waals surface area contributed by atoms with E-state index in [9.17, 15) is 9.59 Å². The Bertz CT molecular complexity index is 1110. The number of nitrogens with one attached hydrogen (secondary N) is 1. The van der Waals surface area contributed by atoms with Crippen molar-refractivity contribution >= 4 is 45.9 Å². The van der Waals surface area contributed by atoms with Gasteiger partial charge in [0.05, 0.1) is 29.0 Å². The lowest BCUT2D eigenvalue weighted by Crippen LogP contribution is -2.28. The summed E-state index contributed by atoms with van der Waals surface area (Å²) in [7, 11) is 1.55. The molecule has 0 saturated carbocycles. The molecule has 3 aromatic rings. The molecule has 0 aliphatic heterocycles. The highest BCUT2D eigenvalue weighted by molar-refractivity contribution is 8.00. The third kappa shape index (κ3) is 4.57. The van der Waals surface area contributed by atoms with Crippen molar-refractivity contribution in [3.05, 3.63) is 57.8 Å². The van der Waals surface area contributed by atoms with E-state index in [1.54, 1.807) is 48.9 Å². The number of fused-ring (bicyclic) bond motifs is 1. The van der Waals surface area contributed by atoms with Crippen molar-refractivity contribution in [3.8, 4) is 5.75 Å². The third-order valence-electron chi connectivity index (χ3n) is 4.36. The number of thioether (sulfide) groups is 1. The van der Waals surface area contributed by atoms with Crippen molar-refractivity contribution < 1.29 is 9.53 Å². The SMILES string of the molecule is COc1ccccc1NC(=O)[C@H](C)Sc1nc2cc(Cl)ccc2c(=O)n1C(C)C. The number of amides is 1. The molecule has 0 aliphatic rings. The van der Waals surface area contributed by atoms with Gasteiger partial charge in [-0.05, 0) is 51.1 Å². The van der Waals surface area contributed by atoms with Gasteiger partial charge >= 0.3 is 0 Å². The molecular formula is C21H22ClN3O3S. The molecule has 0 unspecified atom stereocenters. The highest BCUT2D eigenvalue weighted by Crippen LogP contribution is 2.28. The smallest absolute Gasteiger partial charge is 0.262 e. The summed E-state index contributed by atoms with van der Waals surface area (Å²) in [5.74, 6) is 0.367. The monoisotopic (exact) mass is 431 g/mol. The lowest BCUT2D eigenvalue weighted by atomic mass is 10.2. The minimum atomic E-state index is -0.492. The first kappa shape index (κ1) is 21.2. The van der Waals surface area contributed by atoms with Crippen LogP contribution in [0.4, 0.5) is 5.69 Å². The van der Waals surface area contributed by atoms with Gasteiger partial charge in [0.1, 0.15) is 5.75 Å². The number of aromatic nitrogens is 2. The van der Waals surface area contributed by atoms with Crippen molar-refractivity contribution in [3.63, 3.8) is 0 Å². The number of carbonyl (C=O) groups excluding carboxylic acids is 1. The van der Waals surface area contributed by atoms with Crippen LogP contribution < -0.4 is 15.6 Å². The van der Waals surface area contributed by atoms with Gasteiger partial charge in [-0.1, -0.05) is 35.5 Å². The summed E-state index contributed by atoms with van der Waals surface area (Å²) in [5.41, 5.74) is 0.952. The lowest BCUT2D eigenvalue weighted by molar-refractivity contribution is -0.115. The summed E-state index contributed by atoms with van der Waals surface area (Å²) in [5, 5.41) is 3.86. The number of hydrogen-bond donors (Lipinski definition) is 1. The van der Waals surface area contributed by atoms with E-state index in [-0.39, 0.29) is 17.5 Å². The van der Waals surface area contributed by atoms with Crippen molar-refractivity contribution in [2.45, 2.75) is 37.2 Å². The molecule has 0 saturated heterocycles. The Morgan fingerprint density at radius 1 is 1.21 bits per heavy atom. The van der Waals surface area contributed by atoms with E-state index in [0.29, 0.717) is 32.5 Å². The molecule has 1 aromatic heterocycles. The molecule has 152 valence electrons. The Morgan fingerprint density at radius 2 is 1.93 bits per heavy atom. The van der Waals surface area contributed by atoms with Gasteiger partial charge in [-0.15, -0.1) is 0 Å². The quantitative estimate of drug-likeness (QED) is 0.450. The molecule has 3 rings (SSSR count). The van der Waals surface area contributed by atoms with Crippen LogP contribution in [0.25, 0.3) is 10.9 Å². The predicted octanol–water partition coefficient (Wildman–Crippen LogP) is 4.76. The fourth-order valence-corrected chi connectivity index (χ4v) is 4.09. The van der Waals surface area contributed by atoms with Crippen molar-refractivity contribution in [1.29, 1.82) is 0 Å². The Labute approximate surface area is 178 Å². The van der Waals surface area contributed by atoms with Gasteiger partial charge in [0.25, 0.3) is 5.56 Å². The van der Waals surface area contributed by atoms with Crippen molar-refractivity contribution in [1.82, 2.24) is 9.55 Å². The molecule has 0 fully saturated rings. The molecule has 1 heterocycles. The number of hydrogen-bond acceptors (Lipinski definition) is 5. The lowest BCUT2D eigenvalue weighted by Gasteiger charge is -2.19. The minimum absolute atomic E-state index is 0.109. The summed E-state index contributed by atoms with van der Waals surface area (Å²) < 4.78 is 6.88. The average Bonchev–Trinajstić information content (AvgIpc) is 2.67. The second kappa shape index (κ2) is 8.88. The standard InChI is InChI=1S/C21H22ClN3O3S/c1-12(2)25-20(27)15-10-9-14(22)11-17(15)24-21(25)29-13(3)19(26)23-16-7-5-6-8-18(16)28-4/h5-13H,1-4H3,(H,23,26)/t13-/m0/s1. The zero-order chi connectivity index (χ0) is 21.1. The number of carbonyl (C=O) groups is 1. The van der Waals surface area contributed by atoms with Gasteiger partial charge in [0.15, 0.2) is 5.16 Å². The summed E-state index contributed by atoms with van der Waals surface area (Å²) >= 11 is 7.30. The highest BCUT2D eigenvalue weighted by atomic mass is 35.5. The zero-order valence-electron chi connectivity index (χ0n) is 16.6. The molecule has 2 aromatic carbocycles. The summed E-state index contributed by atoms with van der Waals surface area (Å²) in [6.45, 7) is 5.59. The van der Waals surface area contributed by atoms with Gasteiger partial charge < -0.3 is 10.1 Å². The van der Waals surface area contributed by atoms with E-state index in [0.717, 1.165) is 0 Å². The molecule has 0 radical (unpaired) electrons. The molecule has 1 amide bonds. The molecular weight excluding hydrogens is 410 g/mol. The van der Waals surface area contributed by atoms with E-state index >= 15 is 0 Å². The maximum absolute atomic E-state index is 13.0. The Morgan fingerprint density at radius 3 is 2.62 bits per heavy atom. The second-order valence-corrected chi connectivity index (χ2v) is 8.52. The normalized spacial score (nSPS) is 12.2. The minimum Gasteiger partial charge on any atom is -0.495 e. The van der Waals surface area contributed by atoms with Gasteiger partial charge in [0.2, 0.25) is 5.91 Å². The Kier molecular flexibility index (Phi) is 6.49. The van der Waals surface area contributed by atoms with Gasteiger partial charge in [-0.3, -0.25) is 14.2 Å². The maximum atomic E-state index is 13.0. The van der Waals surface area contributed by atoms with Gasteiger partial charge in [-0.25, -0.2) is 4.98 Å². The molecule has 8 heteroatoms. The molecule has 0 spiro atoms. The van der Waals surface area contributed by atoms with E-state index < -0.39 is 5.25 Å². The Hall–Kier alpha value is -2.51. The topological polar surface area (TPSA) is 73.2 Å². The molecule has 6 nitrogen and oxygen atoms in total. The maximum Gasteiger partial charge on any atom is 0.262 e. The number of para-hydroxylation sites is 2. The number of methoxy groups -OCH3 is 1. The van der Waals surface area contributed by atoms with E-state index in [4.69, 9.17) is 16.3 Å². The fraction of sp³-hybridized carbons (Fsp3) is 0.286.